The number of thioether (sulfide) groups is 1. The van der Waals surface area contributed by atoms with Crippen LogP contribution in [0.5, 0.6) is 0 Å². The number of hydrogen-bond acceptors (Lipinski definition) is 6. The van der Waals surface area contributed by atoms with Gasteiger partial charge in [0.25, 0.3) is 11.5 Å². The number of fused-ring (bicyclic) bond motifs is 3. The summed E-state index contributed by atoms with van der Waals surface area (Å²) in [7, 11) is 0. The van der Waals surface area contributed by atoms with Crippen LogP contribution in [-0.2, 0) is 17.6 Å². The van der Waals surface area contributed by atoms with Crippen LogP contribution in [0.25, 0.3) is 15.9 Å². The number of amides is 1. The van der Waals surface area contributed by atoms with Crippen molar-refractivity contribution in [3.63, 3.8) is 0 Å². The average molecular weight is 622 g/mol. The Hall–Kier alpha value is -2.17. The normalized spacial score (nSPS) is 13.3. The van der Waals surface area contributed by atoms with Crippen LogP contribution >= 0.6 is 62.2 Å². The second kappa shape index (κ2) is 11.1. The monoisotopic (exact) mass is 620 g/mol. The lowest BCUT2D eigenvalue weighted by Gasteiger charge is -2.13. The smallest absolute Gasteiger partial charge is 0.267 e. The molecule has 2 aromatic carbocycles. The number of halogens is 3. The molecule has 11 heteroatoms. The van der Waals surface area contributed by atoms with Crippen molar-refractivity contribution in [3.8, 4) is 5.69 Å². The molecule has 36 heavy (non-hydrogen) atoms. The summed E-state index contributed by atoms with van der Waals surface area (Å²) in [5.41, 5.74) is 4.95. The molecular weight excluding hydrogens is 603 g/mol. The maximum absolute atomic E-state index is 13.8. The molecule has 1 N–H and O–H groups in total. The van der Waals surface area contributed by atoms with E-state index in [0.717, 1.165) is 40.5 Å². The third-order valence-corrected chi connectivity index (χ3v) is 9.11. The van der Waals surface area contributed by atoms with Gasteiger partial charge in [0, 0.05) is 9.35 Å². The summed E-state index contributed by atoms with van der Waals surface area (Å²) in [6, 6.07) is 12.6. The molecule has 4 aromatic rings. The molecule has 0 bridgehead atoms. The minimum Gasteiger partial charge on any atom is -0.272 e. The molecule has 5 rings (SSSR count). The van der Waals surface area contributed by atoms with Gasteiger partial charge >= 0.3 is 0 Å². The van der Waals surface area contributed by atoms with Crippen LogP contribution in [0.1, 0.15) is 28.8 Å². The van der Waals surface area contributed by atoms with E-state index in [2.05, 4.69) is 26.5 Å². The zero-order valence-electron chi connectivity index (χ0n) is 18.8. The average Bonchev–Trinajstić information content (AvgIpc) is 3.24. The van der Waals surface area contributed by atoms with E-state index in [1.54, 1.807) is 34.1 Å². The first-order chi connectivity index (χ1) is 17.4. The van der Waals surface area contributed by atoms with Crippen LogP contribution in [0.4, 0.5) is 0 Å². The maximum Gasteiger partial charge on any atom is 0.267 e. The molecule has 0 unspecified atom stereocenters. The van der Waals surface area contributed by atoms with Crippen LogP contribution in [0, 0.1) is 0 Å². The molecule has 1 aliphatic rings. The fourth-order valence-corrected chi connectivity index (χ4v) is 6.71. The van der Waals surface area contributed by atoms with Gasteiger partial charge in [0.05, 0.1) is 33.1 Å². The summed E-state index contributed by atoms with van der Waals surface area (Å²) in [4.78, 5) is 33.1. The molecule has 1 aliphatic carbocycles. The number of hydrogen-bond donors (Lipinski definition) is 1. The first-order valence-electron chi connectivity index (χ1n) is 11.1. The Kier molecular flexibility index (Phi) is 7.83. The number of rotatable bonds is 6. The molecule has 6 nitrogen and oxygen atoms in total. The Morgan fingerprint density at radius 3 is 2.72 bits per heavy atom. The lowest BCUT2D eigenvalue weighted by molar-refractivity contribution is -0.118. The summed E-state index contributed by atoms with van der Waals surface area (Å²) < 4.78 is 2.52. The van der Waals surface area contributed by atoms with Gasteiger partial charge in [-0.3, -0.25) is 14.2 Å². The Balaban J connectivity index is 1.41. The SMILES string of the molecule is O=C(CSc1nc2sc3c(c2c(=O)n1-c1ccc(Br)cc1)CCCC3)NN=Cc1ccc(Cl)c(Cl)c1. The highest BCUT2D eigenvalue weighted by Crippen LogP contribution is 2.35. The topological polar surface area (TPSA) is 76.3 Å². The van der Waals surface area contributed by atoms with E-state index in [1.807, 2.05) is 24.3 Å². The van der Waals surface area contributed by atoms with Crippen LogP contribution in [0.2, 0.25) is 10.0 Å². The fourth-order valence-electron chi connectivity index (χ4n) is 4.03. The van der Waals surface area contributed by atoms with Gasteiger partial charge in [-0.1, -0.05) is 57.0 Å². The second-order valence-electron chi connectivity index (χ2n) is 8.16. The summed E-state index contributed by atoms with van der Waals surface area (Å²) in [5.74, 6) is -0.281. The van der Waals surface area contributed by atoms with E-state index >= 15 is 0 Å². The van der Waals surface area contributed by atoms with Gasteiger partial charge in [0.15, 0.2) is 5.16 Å². The van der Waals surface area contributed by atoms with Crippen LogP contribution in [-0.4, -0.2) is 27.4 Å². The number of aryl methyl sites for hydroxylation is 2. The first kappa shape index (κ1) is 25.5. The van der Waals surface area contributed by atoms with Gasteiger partial charge < -0.3 is 0 Å². The van der Waals surface area contributed by atoms with Crippen molar-refractivity contribution in [2.75, 3.05) is 5.75 Å². The number of carbonyl (C=O) groups excluding carboxylic acids is 1. The van der Waals surface area contributed by atoms with Crippen LogP contribution < -0.4 is 11.0 Å². The van der Waals surface area contributed by atoms with Crippen molar-refractivity contribution in [1.29, 1.82) is 0 Å². The summed E-state index contributed by atoms with van der Waals surface area (Å²) in [6.45, 7) is 0. The second-order valence-corrected chi connectivity index (χ2v) is 11.9. The quantitative estimate of drug-likeness (QED) is 0.113. The molecule has 0 saturated carbocycles. The Morgan fingerprint density at radius 1 is 1.17 bits per heavy atom. The highest BCUT2D eigenvalue weighted by molar-refractivity contribution is 9.10. The van der Waals surface area contributed by atoms with Gasteiger partial charge in [0.1, 0.15) is 4.83 Å². The van der Waals surface area contributed by atoms with Crippen molar-refractivity contribution in [1.82, 2.24) is 15.0 Å². The van der Waals surface area contributed by atoms with E-state index in [4.69, 9.17) is 28.2 Å². The summed E-state index contributed by atoms with van der Waals surface area (Å²) in [5, 5.41) is 6.02. The number of hydrazone groups is 1. The minimum atomic E-state index is -0.321. The Morgan fingerprint density at radius 2 is 1.94 bits per heavy atom. The maximum atomic E-state index is 13.8. The van der Waals surface area contributed by atoms with Crippen LogP contribution in [0.15, 0.2) is 62.0 Å². The largest absolute Gasteiger partial charge is 0.272 e. The molecule has 184 valence electrons. The molecule has 0 fully saturated rings. The highest BCUT2D eigenvalue weighted by atomic mass is 79.9. The Bertz CT molecular complexity index is 1550. The number of thiophene rings is 1. The zero-order valence-corrected chi connectivity index (χ0v) is 23.5. The molecule has 0 saturated heterocycles. The van der Waals surface area contributed by atoms with Crippen molar-refractivity contribution < 1.29 is 4.79 Å². The number of aromatic nitrogens is 2. The zero-order chi connectivity index (χ0) is 25.2. The lowest BCUT2D eigenvalue weighted by atomic mass is 9.97. The van der Waals surface area contributed by atoms with E-state index in [1.165, 1.54) is 22.9 Å². The van der Waals surface area contributed by atoms with E-state index in [0.29, 0.717) is 31.8 Å². The molecule has 2 heterocycles. The predicted molar refractivity (Wildman–Crippen MR) is 152 cm³/mol. The standard InChI is InChI=1S/C25H19BrCl2N4O2S2/c26-15-6-8-16(9-7-15)32-24(34)22-17-3-1-2-4-20(17)36-23(22)30-25(32)35-13-21(33)31-29-12-14-5-10-18(27)19(28)11-14/h5-12H,1-4,13H2,(H,31,33). The summed E-state index contributed by atoms with van der Waals surface area (Å²) in [6.07, 6.45) is 5.58. The molecule has 0 spiro atoms. The van der Waals surface area contributed by atoms with Crippen molar-refractivity contribution in [2.45, 2.75) is 30.8 Å². The van der Waals surface area contributed by atoms with E-state index in [9.17, 15) is 9.59 Å². The first-order valence-corrected chi connectivity index (χ1v) is 14.5. The fraction of sp³-hybridized carbons (Fsp3) is 0.200. The number of nitrogens with one attached hydrogen (secondary N) is 1. The highest BCUT2D eigenvalue weighted by Gasteiger charge is 2.23. The van der Waals surface area contributed by atoms with Crippen molar-refractivity contribution in [2.24, 2.45) is 5.10 Å². The van der Waals surface area contributed by atoms with Crippen molar-refractivity contribution >= 4 is 84.6 Å². The lowest BCUT2D eigenvalue weighted by Crippen LogP contribution is -2.24. The Labute approximate surface area is 233 Å². The molecule has 2 aromatic heterocycles. The van der Waals surface area contributed by atoms with E-state index in [-0.39, 0.29) is 17.2 Å². The van der Waals surface area contributed by atoms with Gasteiger partial charge in [-0.05, 0) is 73.2 Å². The van der Waals surface area contributed by atoms with E-state index < -0.39 is 0 Å². The molecule has 0 aliphatic heterocycles. The third kappa shape index (κ3) is 5.40. The minimum absolute atomic E-state index is 0.0400. The van der Waals surface area contributed by atoms with Gasteiger partial charge in [0.2, 0.25) is 0 Å². The van der Waals surface area contributed by atoms with Gasteiger partial charge in [-0.15, -0.1) is 11.3 Å². The van der Waals surface area contributed by atoms with Crippen LogP contribution in [0.3, 0.4) is 0 Å². The van der Waals surface area contributed by atoms with Crippen molar-refractivity contribution in [3.05, 3.63) is 83.3 Å². The molecule has 1 amide bonds. The molecule has 0 radical (unpaired) electrons. The number of carbonyl (C=O) groups is 1. The molecular formula is C25H19BrCl2N4O2S2. The number of nitrogens with zero attached hydrogens (tertiary/aromatic N) is 3. The van der Waals surface area contributed by atoms with Gasteiger partial charge in [-0.25, -0.2) is 10.4 Å². The summed E-state index contributed by atoms with van der Waals surface area (Å²) >= 11 is 18.2. The number of benzene rings is 2. The predicted octanol–water partition coefficient (Wildman–Crippen LogP) is 6.64. The molecule has 0 atom stereocenters. The van der Waals surface area contributed by atoms with Gasteiger partial charge in [-0.2, -0.15) is 5.10 Å². The third-order valence-electron chi connectivity index (χ3n) is 5.72.